The molecule has 16 heavy (non-hydrogen) atoms. The number of hydrogen-bond donors (Lipinski definition) is 1. The number of rotatable bonds is 3. The van der Waals surface area contributed by atoms with E-state index in [-0.39, 0.29) is 18.4 Å². The van der Waals surface area contributed by atoms with E-state index >= 15 is 0 Å². The summed E-state index contributed by atoms with van der Waals surface area (Å²) in [5, 5.41) is 0. The van der Waals surface area contributed by atoms with Crippen molar-refractivity contribution in [2.75, 3.05) is 0 Å². The Balaban J connectivity index is 0.00000128. The molecule has 0 bridgehead atoms. The predicted octanol–water partition coefficient (Wildman–Crippen LogP) is 2.37. The summed E-state index contributed by atoms with van der Waals surface area (Å²) >= 11 is 0. The van der Waals surface area contributed by atoms with Crippen molar-refractivity contribution in [3.05, 3.63) is 30.1 Å². The lowest BCUT2D eigenvalue weighted by atomic mass is 10.2. The highest BCUT2D eigenvalue weighted by Crippen LogP contribution is 2.16. The second-order valence-electron chi connectivity index (χ2n) is 3.94. The summed E-state index contributed by atoms with van der Waals surface area (Å²) in [6.45, 7) is 5.10. The van der Waals surface area contributed by atoms with Gasteiger partial charge in [-0.15, -0.1) is 12.4 Å². The first-order chi connectivity index (χ1) is 7.22. The van der Waals surface area contributed by atoms with Crippen LogP contribution in [0.3, 0.4) is 0 Å². The quantitative estimate of drug-likeness (QED) is 0.894. The summed E-state index contributed by atoms with van der Waals surface area (Å²) in [5.74, 6) is 1.09. The zero-order valence-electron chi connectivity index (χ0n) is 9.68. The Labute approximate surface area is 102 Å². The molecule has 0 saturated heterocycles. The molecule has 0 aliphatic heterocycles. The Kier molecular flexibility index (Phi) is 4.33. The molecule has 0 radical (unpaired) electrons. The van der Waals surface area contributed by atoms with Crippen molar-refractivity contribution in [3.8, 4) is 0 Å². The van der Waals surface area contributed by atoms with Gasteiger partial charge in [-0.05, 0) is 26.0 Å². The second-order valence-corrected chi connectivity index (χ2v) is 3.94. The van der Waals surface area contributed by atoms with E-state index in [0.717, 1.165) is 24.3 Å². The van der Waals surface area contributed by atoms with Crippen LogP contribution in [0.4, 0.5) is 0 Å². The van der Waals surface area contributed by atoms with Gasteiger partial charge in [0.15, 0.2) is 0 Å². The number of nitrogens with zero attached hydrogens (tertiary/aromatic N) is 2. The first-order valence-corrected chi connectivity index (χ1v) is 5.42. The molecule has 0 fully saturated rings. The number of imidazole rings is 1. The van der Waals surface area contributed by atoms with Crippen LogP contribution < -0.4 is 5.73 Å². The van der Waals surface area contributed by atoms with Crippen LogP contribution in [0.15, 0.2) is 24.3 Å². The monoisotopic (exact) mass is 239 g/mol. The molecule has 3 nitrogen and oxygen atoms in total. The summed E-state index contributed by atoms with van der Waals surface area (Å²) < 4.78 is 2.23. The van der Waals surface area contributed by atoms with Gasteiger partial charge in [0.1, 0.15) is 5.82 Å². The van der Waals surface area contributed by atoms with Crippen LogP contribution in [0.25, 0.3) is 11.0 Å². The SMILES string of the molecule is CCn1c(CC(C)N)nc2ccccc21.Cl. The molecule has 1 heterocycles. The van der Waals surface area contributed by atoms with E-state index in [9.17, 15) is 0 Å². The van der Waals surface area contributed by atoms with Gasteiger partial charge in [0.25, 0.3) is 0 Å². The average molecular weight is 240 g/mol. The normalized spacial score (nSPS) is 12.4. The van der Waals surface area contributed by atoms with E-state index in [4.69, 9.17) is 5.73 Å². The van der Waals surface area contributed by atoms with Crippen LogP contribution in [0.2, 0.25) is 0 Å². The molecule has 1 aromatic heterocycles. The number of aryl methyl sites for hydroxylation is 1. The Morgan fingerprint density at radius 3 is 2.69 bits per heavy atom. The first kappa shape index (κ1) is 13.0. The smallest absolute Gasteiger partial charge is 0.111 e. The fourth-order valence-corrected chi connectivity index (χ4v) is 1.92. The summed E-state index contributed by atoms with van der Waals surface area (Å²) in [4.78, 5) is 4.61. The number of halogens is 1. The van der Waals surface area contributed by atoms with E-state index in [1.54, 1.807) is 0 Å². The molecule has 4 heteroatoms. The van der Waals surface area contributed by atoms with Gasteiger partial charge in [0.05, 0.1) is 11.0 Å². The number of nitrogens with two attached hydrogens (primary N) is 1. The average Bonchev–Trinajstić information content (AvgIpc) is 2.53. The minimum Gasteiger partial charge on any atom is -0.328 e. The van der Waals surface area contributed by atoms with Gasteiger partial charge >= 0.3 is 0 Å². The van der Waals surface area contributed by atoms with E-state index in [0.29, 0.717) is 0 Å². The molecule has 2 aromatic rings. The lowest BCUT2D eigenvalue weighted by Crippen LogP contribution is -2.20. The molecule has 1 atom stereocenters. The topological polar surface area (TPSA) is 43.8 Å². The fraction of sp³-hybridized carbons (Fsp3) is 0.417. The molecule has 0 amide bonds. The Morgan fingerprint density at radius 2 is 2.06 bits per heavy atom. The number of aromatic nitrogens is 2. The third-order valence-corrected chi connectivity index (χ3v) is 2.55. The molecule has 1 aromatic carbocycles. The highest BCUT2D eigenvalue weighted by atomic mass is 35.5. The van der Waals surface area contributed by atoms with Gasteiger partial charge in [-0.3, -0.25) is 0 Å². The minimum absolute atomic E-state index is 0. The van der Waals surface area contributed by atoms with Gasteiger partial charge in [-0.25, -0.2) is 4.98 Å². The van der Waals surface area contributed by atoms with E-state index in [1.165, 1.54) is 5.52 Å². The molecule has 2 N–H and O–H groups in total. The molecule has 0 saturated carbocycles. The van der Waals surface area contributed by atoms with Crippen LogP contribution in [0.5, 0.6) is 0 Å². The van der Waals surface area contributed by atoms with Crippen molar-refractivity contribution in [1.82, 2.24) is 9.55 Å². The van der Waals surface area contributed by atoms with Gasteiger partial charge in [-0.1, -0.05) is 12.1 Å². The predicted molar refractivity (Wildman–Crippen MR) is 70.0 cm³/mol. The van der Waals surface area contributed by atoms with Gasteiger partial charge in [0.2, 0.25) is 0 Å². The van der Waals surface area contributed by atoms with Gasteiger partial charge in [0, 0.05) is 19.0 Å². The van der Waals surface area contributed by atoms with Crippen LogP contribution in [-0.2, 0) is 13.0 Å². The van der Waals surface area contributed by atoms with Crippen LogP contribution in [-0.4, -0.2) is 15.6 Å². The molecule has 0 spiro atoms. The summed E-state index contributed by atoms with van der Waals surface area (Å²) in [7, 11) is 0. The maximum Gasteiger partial charge on any atom is 0.111 e. The largest absolute Gasteiger partial charge is 0.328 e. The highest BCUT2D eigenvalue weighted by molar-refractivity contribution is 5.85. The van der Waals surface area contributed by atoms with Crippen molar-refractivity contribution < 1.29 is 0 Å². The zero-order valence-corrected chi connectivity index (χ0v) is 10.5. The Morgan fingerprint density at radius 1 is 1.38 bits per heavy atom. The van der Waals surface area contributed by atoms with Gasteiger partial charge < -0.3 is 10.3 Å². The van der Waals surface area contributed by atoms with Crippen molar-refractivity contribution in [2.45, 2.75) is 32.9 Å². The third-order valence-electron chi connectivity index (χ3n) is 2.55. The van der Waals surface area contributed by atoms with Crippen molar-refractivity contribution >= 4 is 23.4 Å². The highest BCUT2D eigenvalue weighted by Gasteiger charge is 2.09. The minimum atomic E-state index is 0. The number of para-hydroxylation sites is 2. The van der Waals surface area contributed by atoms with Crippen LogP contribution in [0.1, 0.15) is 19.7 Å². The second kappa shape index (κ2) is 5.32. The molecule has 1 unspecified atom stereocenters. The number of fused-ring (bicyclic) bond motifs is 1. The lowest BCUT2D eigenvalue weighted by Gasteiger charge is -2.07. The number of hydrogen-bond acceptors (Lipinski definition) is 2. The lowest BCUT2D eigenvalue weighted by molar-refractivity contribution is 0.647. The Hall–Kier alpha value is -1.06. The summed E-state index contributed by atoms with van der Waals surface area (Å²) in [6, 6.07) is 8.38. The molecular formula is C12H18ClN3. The molecule has 88 valence electrons. The standard InChI is InChI=1S/C12H17N3.ClH/c1-3-15-11-7-5-4-6-10(11)14-12(15)8-9(2)13;/h4-7,9H,3,8,13H2,1-2H3;1H. The maximum atomic E-state index is 5.82. The van der Waals surface area contributed by atoms with E-state index < -0.39 is 0 Å². The van der Waals surface area contributed by atoms with Crippen LogP contribution in [0, 0.1) is 0 Å². The number of benzene rings is 1. The van der Waals surface area contributed by atoms with Gasteiger partial charge in [-0.2, -0.15) is 0 Å². The Bertz CT molecular complexity index is 462. The third kappa shape index (κ3) is 2.36. The maximum absolute atomic E-state index is 5.82. The fourth-order valence-electron chi connectivity index (χ4n) is 1.92. The van der Waals surface area contributed by atoms with Crippen LogP contribution >= 0.6 is 12.4 Å². The molecular weight excluding hydrogens is 222 g/mol. The van der Waals surface area contributed by atoms with Crippen molar-refractivity contribution in [3.63, 3.8) is 0 Å². The molecule has 2 rings (SSSR count). The summed E-state index contributed by atoms with van der Waals surface area (Å²) in [5.41, 5.74) is 8.09. The summed E-state index contributed by atoms with van der Waals surface area (Å²) in [6.07, 6.45) is 0.836. The van der Waals surface area contributed by atoms with Crippen molar-refractivity contribution in [1.29, 1.82) is 0 Å². The van der Waals surface area contributed by atoms with E-state index in [1.807, 2.05) is 25.1 Å². The van der Waals surface area contributed by atoms with Crippen molar-refractivity contribution in [2.24, 2.45) is 5.73 Å². The zero-order chi connectivity index (χ0) is 10.8. The first-order valence-electron chi connectivity index (χ1n) is 5.42. The van der Waals surface area contributed by atoms with E-state index in [2.05, 4.69) is 22.5 Å². The molecule has 0 aliphatic rings. The molecule has 0 aliphatic carbocycles.